The lowest BCUT2D eigenvalue weighted by molar-refractivity contribution is 0.101. The maximum atomic E-state index is 11.1. The van der Waals surface area contributed by atoms with Crippen LogP contribution in [-0.4, -0.2) is 10.8 Å². The first-order valence-corrected chi connectivity index (χ1v) is 5.94. The van der Waals surface area contributed by atoms with Gasteiger partial charge in [-0.1, -0.05) is 0 Å². The molecule has 0 radical (unpaired) electrons. The summed E-state index contributed by atoms with van der Waals surface area (Å²) in [4.78, 5) is 16.5. The van der Waals surface area contributed by atoms with Gasteiger partial charge in [0.15, 0.2) is 5.78 Å². The number of hydrogen-bond donors (Lipinski definition) is 0. The van der Waals surface area contributed by atoms with E-state index < -0.39 is 0 Å². The van der Waals surface area contributed by atoms with Gasteiger partial charge in [0.2, 0.25) is 0 Å². The van der Waals surface area contributed by atoms with Crippen molar-refractivity contribution in [1.82, 2.24) is 4.98 Å². The average molecular weight is 223 g/mol. The number of aryl methyl sites for hydroxylation is 1. The van der Waals surface area contributed by atoms with Crippen molar-refractivity contribution in [3.63, 3.8) is 0 Å². The summed E-state index contributed by atoms with van der Waals surface area (Å²) >= 11 is 3.20. The first kappa shape index (κ1) is 9.55. The highest BCUT2D eigenvalue weighted by molar-refractivity contribution is 7.14. The molecule has 2 rings (SSSR count). The second kappa shape index (κ2) is 3.63. The fourth-order valence-corrected chi connectivity index (χ4v) is 2.73. The molecule has 0 aliphatic heterocycles. The molecule has 0 aliphatic carbocycles. The van der Waals surface area contributed by atoms with Crippen molar-refractivity contribution in [3.8, 4) is 10.6 Å². The lowest BCUT2D eigenvalue weighted by Crippen LogP contribution is -1.86. The van der Waals surface area contributed by atoms with Crippen molar-refractivity contribution in [2.75, 3.05) is 0 Å². The zero-order valence-electron chi connectivity index (χ0n) is 7.90. The van der Waals surface area contributed by atoms with Gasteiger partial charge in [-0.15, -0.1) is 22.7 Å². The summed E-state index contributed by atoms with van der Waals surface area (Å²) in [5.41, 5.74) is 1.75. The second-order valence-corrected chi connectivity index (χ2v) is 4.98. The van der Waals surface area contributed by atoms with Crippen molar-refractivity contribution in [3.05, 3.63) is 27.4 Å². The molecule has 2 aromatic rings. The Bertz CT molecular complexity index is 470. The van der Waals surface area contributed by atoms with Crippen LogP contribution in [-0.2, 0) is 0 Å². The highest BCUT2D eigenvalue weighted by Gasteiger charge is 2.07. The number of thiazole rings is 1. The fourth-order valence-electron chi connectivity index (χ4n) is 1.13. The number of aromatic nitrogens is 1. The van der Waals surface area contributed by atoms with Crippen molar-refractivity contribution in [2.45, 2.75) is 13.8 Å². The molecule has 0 aromatic carbocycles. The third kappa shape index (κ3) is 1.76. The summed E-state index contributed by atoms with van der Waals surface area (Å²) in [5.74, 6) is 0.111. The molecule has 0 bridgehead atoms. The van der Waals surface area contributed by atoms with Gasteiger partial charge in [-0.05, 0) is 19.9 Å². The van der Waals surface area contributed by atoms with Crippen molar-refractivity contribution < 1.29 is 4.79 Å². The van der Waals surface area contributed by atoms with Crippen LogP contribution in [0.5, 0.6) is 0 Å². The summed E-state index contributed by atoms with van der Waals surface area (Å²) in [6.45, 7) is 3.56. The molecule has 14 heavy (non-hydrogen) atoms. The monoisotopic (exact) mass is 223 g/mol. The van der Waals surface area contributed by atoms with Crippen LogP contribution >= 0.6 is 22.7 Å². The molecule has 0 atom stereocenters. The summed E-state index contributed by atoms with van der Waals surface area (Å²) < 4.78 is 0. The lowest BCUT2D eigenvalue weighted by Gasteiger charge is -1.87. The summed E-state index contributed by atoms with van der Waals surface area (Å²) in [5, 5.41) is 4.95. The van der Waals surface area contributed by atoms with Gasteiger partial charge in [0.1, 0.15) is 0 Å². The van der Waals surface area contributed by atoms with E-state index >= 15 is 0 Å². The Labute approximate surface area is 90.2 Å². The number of ketones is 1. The minimum Gasteiger partial charge on any atom is -0.294 e. The van der Waals surface area contributed by atoms with Gasteiger partial charge in [0.25, 0.3) is 0 Å². The molecule has 0 amide bonds. The minimum absolute atomic E-state index is 0.111. The molecule has 0 aliphatic rings. The van der Waals surface area contributed by atoms with Gasteiger partial charge < -0.3 is 0 Å². The predicted molar refractivity (Wildman–Crippen MR) is 60.2 cm³/mol. The van der Waals surface area contributed by atoms with Gasteiger partial charge >= 0.3 is 0 Å². The van der Waals surface area contributed by atoms with E-state index in [0.29, 0.717) is 0 Å². The van der Waals surface area contributed by atoms with Crippen LogP contribution in [0.25, 0.3) is 10.6 Å². The molecular formula is C10H9NOS2. The minimum atomic E-state index is 0.111. The van der Waals surface area contributed by atoms with Crippen LogP contribution in [0.15, 0.2) is 16.8 Å². The summed E-state index contributed by atoms with van der Waals surface area (Å²) in [7, 11) is 0. The smallest absolute Gasteiger partial charge is 0.160 e. The standard InChI is InChI=1S/C10H9NOS2/c1-6(12)8-3-10(14-4-8)9-5-13-7(2)11-9/h3-5H,1-2H3. The maximum absolute atomic E-state index is 11.1. The van der Waals surface area contributed by atoms with E-state index in [-0.39, 0.29) is 5.78 Å². The summed E-state index contributed by atoms with van der Waals surface area (Å²) in [6.07, 6.45) is 0. The summed E-state index contributed by atoms with van der Waals surface area (Å²) in [6, 6.07) is 1.90. The van der Waals surface area contributed by atoms with E-state index in [1.807, 2.05) is 23.8 Å². The topological polar surface area (TPSA) is 30.0 Å². The number of thiophene rings is 1. The molecule has 2 aromatic heterocycles. The zero-order chi connectivity index (χ0) is 10.1. The van der Waals surface area contributed by atoms with Crippen molar-refractivity contribution >= 4 is 28.5 Å². The Morgan fingerprint density at radius 1 is 1.36 bits per heavy atom. The van der Waals surface area contributed by atoms with Crippen LogP contribution < -0.4 is 0 Å². The molecule has 72 valence electrons. The Morgan fingerprint density at radius 2 is 2.14 bits per heavy atom. The van der Waals surface area contributed by atoms with Gasteiger partial charge in [0, 0.05) is 16.3 Å². The highest BCUT2D eigenvalue weighted by Crippen LogP contribution is 2.28. The maximum Gasteiger partial charge on any atom is 0.160 e. The second-order valence-electron chi connectivity index (χ2n) is 3.01. The quantitative estimate of drug-likeness (QED) is 0.730. The van der Waals surface area contributed by atoms with Crippen molar-refractivity contribution in [1.29, 1.82) is 0 Å². The first-order valence-electron chi connectivity index (χ1n) is 4.19. The molecule has 0 unspecified atom stereocenters. The van der Waals surface area contributed by atoms with Crippen LogP contribution in [0.1, 0.15) is 22.3 Å². The van der Waals surface area contributed by atoms with E-state index in [1.54, 1.807) is 29.6 Å². The third-order valence-electron chi connectivity index (χ3n) is 1.88. The van der Waals surface area contributed by atoms with Crippen molar-refractivity contribution in [2.24, 2.45) is 0 Å². The van der Waals surface area contributed by atoms with Crippen LogP contribution in [0.4, 0.5) is 0 Å². The predicted octanol–water partition coefficient (Wildman–Crippen LogP) is 3.38. The third-order valence-corrected chi connectivity index (χ3v) is 3.60. The van der Waals surface area contributed by atoms with Crippen LogP contribution in [0.2, 0.25) is 0 Å². The van der Waals surface area contributed by atoms with Gasteiger partial charge in [0.05, 0.1) is 15.6 Å². The SMILES string of the molecule is CC(=O)c1csc(-c2csc(C)n2)c1. The number of hydrogen-bond acceptors (Lipinski definition) is 4. The van der Waals surface area contributed by atoms with Gasteiger partial charge in [-0.25, -0.2) is 4.98 Å². The number of Topliss-reactive ketones (excluding diaryl/α,β-unsaturated/α-hetero) is 1. The Hall–Kier alpha value is -1.00. The highest BCUT2D eigenvalue weighted by atomic mass is 32.1. The Balaban J connectivity index is 2.38. The molecule has 2 heterocycles. The number of carbonyl (C=O) groups excluding carboxylic acids is 1. The molecule has 0 spiro atoms. The van der Waals surface area contributed by atoms with E-state index in [9.17, 15) is 4.79 Å². The normalized spacial score (nSPS) is 10.4. The van der Waals surface area contributed by atoms with E-state index in [2.05, 4.69) is 4.98 Å². The first-order chi connectivity index (χ1) is 6.66. The Kier molecular flexibility index (Phi) is 2.48. The number of nitrogens with zero attached hydrogens (tertiary/aromatic N) is 1. The van der Waals surface area contributed by atoms with Crippen LogP contribution in [0.3, 0.4) is 0 Å². The van der Waals surface area contributed by atoms with Crippen LogP contribution in [0, 0.1) is 6.92 Å². The van der Waals surface area contributed by atoms with Gasteiger partial charge in [-0.3, -0.25) is 4.79 Å². The molecule has 4 heteroatoms. The van der Waals surface area contributed by atoms with Gasteiger partial charge in [-0.2, -0.15) is 0 Å². The number of rotatable bonds is 2. The lowest BCUT2D eigenvalue weighted by atomic mass is 10.2. The average Bonchev–Trinajstić information content (AvgIpc) is 2.70. The number of carbonyl (C=O) groups is 1. The van der Waals surface area contributed by atoms with E-state index in [0.717, 1.165) is 21.1 Å². The fraction of sp³-hybridized carbons (Fsp3) is 0.200. The Morgan fingerprint density at radius 3 is 2.64 bits per heavy atom. The van der Waals surface area contributed by atoms with E-state index in [4.69, 9.17) is 0 Å². The molecule has 0 saturated heterocycles. The molecule has 0 saturated carbocycles. The van der Waals surface area contributed by atoms with E-state index in [1.165, 1.54) is 0 Å². The molecule has 0 N–H and O–H groups in total. The molecule has 2 nitrogen and oxygen atoms in total. The largest absolute Gasteiger partial charge is 0.294 e. The molecule has 0 fully saturated rings. The molecular weight excluding hydrogens is 214 g/mol. The zero-order valence-corrected chi connectivity index (χ0v) is 9.54.